The van der Waals surface area contributed by atoms with E-state index in [0.717, 1.165) is 30.3 Å². The van der Waals surface area contributed by atoms with Crippen molar-refractivity contribution in [1.82, 2.24) is 4.57 Å². The van der Waals surface area contributed by atoms with Gasteiger partial charge in [-0.2, -0.15) is 0 Å². The summed E-state index contributed by atoms with van der Waals surface area (Å²) in [5.41, 5.74) is 1.35. The van der Waals surface area contributed by atoms with Crippen LogP contribution in [0.3, 0.4) is 0 Å². The number of para-hydroxylation sites is 1. The lowest BCUT2D eigenvalue weighted by molar-refractivity contribution is 0.0699. The van der Waals surface area contributed by atoms with Gasteiger partial charge >= 0.3 is 5.97 Å². The fourth-order valence-electron chi connectivity index (χ4n) is 2.01. The lowest BCUT2D eigenvalue weighted by atomic mass is 10.2. The average Bonchev–Trinajstić information content (AvgIpc) is 2.69. The molecule has 3 heteroatoms. The number of hydrogen-bond donors (Lipinski definition) is 1. The Labute approximate surface area is 100.0 Å². The number of nitrogens with zero attached hydrogens (tertiary/aromatic N) is 1. The molecule has 0 aliphatic rings. The Kier molecular flexibility index (Phi) is 3.28. The summed E-state index contributed by atoms with van der Waals surface area (Å²) in [7, 11) is 0. The Morgan fingerprint density at radius 2 is 2.18 bits per heavy atom. The number of rotatable bonds is 5. The molecular weight excluding hydrogens is 214 g/mol. The third-order valence-corrected chi connectivity index (χ3v) is 2.83. The summed E-state index contributed by atoms with van der Waals surface area (Å²) in [5.74, 6) is -0.872. The number of aryl methyl sites for hydroxylation is 1. The summed E-state index contributed by atoms with van der Waals surface area (Å²) < 4.78 is 2.00. The minimum atomic E-state index is -0.872. The standard InChI is InChI=1S/C14H15NO2/c1-2-3-6-9-15-10-12(14(16)17)11-7-4-5-8-13(11)15/h2,4-5,7-8,10H,1,3,6,9H2,(H,16,17). The van der Waals surface area contributed by atoms with E-state index in [1.807, 2.05) is 34.9 Å². The Balaban J connectivity index is 2.41. The van der Waals surface area contributed by atoms with Gasteiger partial charge in [0, 0.05) is 23.6 Å². The van der Waals surface area contributed by atoms with E-state index in [1.165, 1.54) is 0 Å². The van der Waals surface area contributed by atoms with Crippen LogP contribution in [0.15, 0.2) is 43.1 Å². The van der Waals surface area contributed by atoms with Gasteiger partial charge in [-0.15, -0.1) is 6.58 Å². The Morgan fingerprint density at radius 3 is 2.88 bits per heavy atom. The predicted octanol–water partition coefficient (Wildman–Crippen LogP) is 3.31. The van der Waals surface area contributed by atoms with Gasteiger partial charge < -0.3 is 9.67 Å². The molecule has 2 aromatic rings. The topological polar surface area (TPSA) is 42.2 Å². The van der Waals surface area contributed by atoms with E-state index in [0.29, 0.717) is 5.56 Å². The van der Waals surface area contributed by atoms with Crippen LogP contribution in [0.4, 0.5) is 0 Å². The van der Waals surface area contributed by atoms with Gasteiger partial charge in [0.2, 0.25) is 0 Å². The first-order valence-electron chi connectivity index (χ1n) is 5.66. The van der Waals surface area contributed by atoms with Crippen molar-refractivity contribution in [2.75, 3.05) is 0 Å². The summed E-state index contributed by atoms with van der Waals surface area (Å²) in [6, 6.07) is 7.60. The molecule has 0 spiro atoms. The van der Waals surface area contributed by atoms with Crippen molar-refractivity contribution in [3.8, 4) is 0 Å². The van der Waals surface area contributed by atoms with Crippen LogP contribution in [0.5, 0.6) is 0 Å². The van der Waals surface area contributed by atoms with Crippen molar-refractivity contribution in [1.29, 1.82) is 0 Å². The van der Waals surface area contributed by atoms with Crippen molar-refractivity contribution >= 4 is 16.9 Å². The summed E-state index contributed by atoms with van der Waals surface area (Å²) >= 11 is 0. The molecule has 0 amide bonds. The van der Waals surface area contributed by atoms with E-state index in [9.17, 15) is 4.79 Å². The molecule has 0 saturated carbocycles. The number of hydrogen-bond acceptors (Lipinski definition) is 1. The van der Waals surface area contributed by atoms with E-state index in [4.69, 9.17) is 5.11 Å². The van der Waals surface area contributed by atoms with Gasteiger partial charge in [-0.05, 0) is 18.9 Å². The number of unbranched alkanes of at least 4 members (excludes halogenated alkanes) is 1. The number of carboxylic acid groups (broad SMARTS) is 1. The minimum absolute atomic E-state index is 0.374. The van der Waals surface area contributed by atoms with Crippen LogP contribution < -0.4 is 0 Å². The van der Waals surface area contributed by atoms with Gasteiger partial charge in [0.25, 0.3) is 0 Å². The van der Waals surface area contributed by atoms with Gasteiger partial charge in [-0.25, -0.2) is 4.79 Å². The maximum absolute atomic E-state index is 11.1. The second-order valence-electron chi connectivity index (χ2n) is 3.99. The zero-order valence-corrected chi connectivity index (χ0v) is 9.60. The molecule has 1 aromatic carbocycles. The number of aromatic carboxylic acids is 1. The van der Waals surface area contributed by atoms with Crippen molar-refractivity contribution in [2.24, 2.45) is 0 Å². The highest BCUT2D eigenvalue weighted by Gasteiger charge is 2.12. The zero-order chi connectivity index (χ0) is 12.3. The molecule has 0 saturated heterocycles. The van der Waals surface area contributed by atoms with Gasteiger partial charge in [-0.3, -0.25) is 0 Å². The molecule has 0 bridgehead atoms. The van der Waals surface area contributed by atoms with Crippen LogP contribution in [0, 0.1) is 0 Å². The lowest BCUT2D eigenvalue weighted by Gasteiger charge is -2.02. The Hall–Kier alpha value is -2.03. The molecule has 17 heavy (non-hydrogen) atoms. The fraction of sp³-hybridized carbons (Fsp3) is 0.214. The first-order chi connectivity index (χ1) is 8.24. The Bertz CT molecular complexity index is 554. The lowest BCUT2D eigenvalue weighted by Crippen LogP contribution is -1.97. The van der Waals surface area contributed by atoms with Crippen LogP contribution in [-0.2, 0) is 6.54 Å². The first kappa shape index (κ1) is 11.5. The third kappa shape index (κ3) is 2.23. The minimum Gasteiger partial charge on any atom is -0.478 e. The molecule has 1 aromatic heterocycles. The summed E-state index contributed by atoms with van der Waals surface area (Å²) in [5, 5.41) is 9.94. The molecule has 0 fully saturated rings. The zero-order valence-electron chi connectivity index (χ0n) is 9.60. The van der Waals surface area contributed by atoms with E-state index in [-0.39, 0.29) is 0 Å². The van der Waals surface area contributed by atoms with Gasteiger partial charge in [0.05, 0.1) is 5.56 Å². The molecule has 0 unspecified atom stereocenters. The van der Waals surface area contributed by atoms with Crippen LogP contribution >= 0.6 is 0 Å². The number of carboxylic acids is 1. The predicted molar refractivity (Wildman–Crippen MR) is 68.3 cm³/mol. The second-order valence-corrected chi connectivity index (χ2v) is 3.99. The van der Waals surface area contributed by atoms with Crippen molar-refractivity contribution in [3.05, 3.63) is 48.7 Å². The Morgan fingerprint density at radius 1 is 1.41 bits per heavy atom. The maximum atomic E-state index is 11.1. The molecule has 0 atom stereocenters. The van der Waals surface area contributed by atoms with Crippen LogP contribution in [-0.4, -0.2) is 15.6 Å². The molecule has 2 rings (SSSR count). The molecule has 1 N–H and O–H groups in total. The van der Waals surface area contributed by atoms with Gasteiger partial charge in [-0.1, -0.05) is 24.3 Å². The maximum Gasteiger partial charge on any atom is 0.337 e. The van der Waals surface area contributed by atoms with E-state index >= 15 is 0 Å². The number of fused-ring (bicyclic) bond motifs is 1. The summed E-state index contributed by atoms with van der Waals surface area (Å²) in [6.07, 6.45) is 5.51. The number of allylic oxidation sites excluding steroid dienone is 1. The number of carbonyl (C=O) groups is 1. The second kappa shape index (κ2) is 4.87. The number of benzene rings is 1. The highest BCUT2D eigenvalue weighted by molar-refractivity contribution is 6.03. The van der Waals surface area contributed by atoms with Gasteiger partial charge in [0.1, 0.15) is 0 Å². The van der Waals surface area contributed by atoms with Crippen molar-refractivity contribution in [3.63, 3.8) is 0 Å². The molecule has 0 aliphatic heterocycles. The number of aromatic nitrogens is 1. The quantitative estimate of drug-likeness (QED) is 0.631. The first-order valence-corrected chi connectivity index (χ1v) is 5.66. The monoisotopic (exact) mass is 229 g/mol. The van der Waals surface area contributed by atoms with Crippen LogP contribution in [0.1, 0.15) is 23.2 Å². The van der Waals surface area contributed by atoms with Gasteiger partial charge in [0.15, 0.2) is 0 Å². The van der Waals surface area contributed by atoms with Crippen molar-refractivity contribution < 1.29 is 9.90 Å². The highest BCUT2D eigenvalue weighted by Crippen LogP contribution is 2.21. The van der Waals surface area contributed by atoms with E-state index in [1.54, 1.807) is 6.20 Å². The molecule has 88 valence electrons. The normalized spacial score (nSPS) is 10.6. The smallest absolute Gasteiger partial charge is 0.337 e. The molecule has 1 heterocycles. The van der Waals surface area contributed by atoms with Crippen LogP contribution in [0.25, 0.3) is 10.9 Å². The van der Waals surface area contributed by atoms with E-state index < -0.39 is 5.97 Å². The largest absolute Gasteiger partial charge is 0.478 e. The molecular formula is C14H15NO2. The molecule has 0 aliphatic carbocycles. The van der Waals surface area contributed by atoms with Crippen molar-refractivity contribution in [2.45, 2.75) is 19.4 Å². The fourth-order valence-corrected chi connectivity index (χ4v) is 2.01. The highest BCUT2D eigenvalue weighted by atomic mass is 16.4. The summed E-state index contributed by atoms with van der Waals surface area (Å²) in [4.78, 5) is 11.1. The average molecular weight is 229 g/mol. The summed E-state index contributed by atoms with van der Waals surface area (Å²) in [6.45, 7) is 4.50. The molecule has 0 radical (unpaired) electrons. The van der Waals surface area contributed by atoms with E-state index in [2.05, 4.69) is 6.58 Å². The molecule has 3 nitrogen and oxygen atoms in total. The third-order valence-electron chi connectivity index (χ3n) is 2.83. The SMILES string of the molecule is C=CCCCn1cc(C(=O)O)c2ccccc21. The van der Waals surface area contributed by atoms with Crippen LogP contribution in [0.2, 0.25) is 0 Å².